The molecule has 0 aromatic rings. The van der Waals surface area contributed by atoms with E-state index in [-0.39, 0.29) is 5.91 Å². The van der Waals surface area contributed by atoms with E-state index in [1.165, 1.54) is 6.92 Å². The zero-order valence-corrected chi connectivity index (χ0v) is 13.9. The van der Waals surface area contributed by atoms with Gasteiger partial charge in [-0.3, -0.25) is 4.79 Å². The van der Waals surface area contributed by atoms with Crippen molar-refractivity contribution in [1.29, 1.82) is 5.26 Å². The number of amides is 1. The summed E-state index contributed by atoms with van der Waals surface area (Å²) in [6.07, 6.45) is -2.84. The SMILES string of the molecule is CC(=O)N[C@H](C#N)[C@H]1O[C@@H]2OC(C)(C)O[C@@H]2[C@H]2OC(C)(C)O[C@H]21. The third-order valence-corrected chi connectivity index (χ3v) is 4.02. The lowest BCUT2D eigenvalue weighted by Gasteiger charge is -2.39. The third kappa shape index (κ3) is 3.07. The number of rotatable bonds is 2. The fourth-order valence-electron chi connectivity index (χ4n) is 3.32. The van der Waals surface area contributed by atoms with Crippen LogP contribution in [0.4, 0.5) is 0 Å². The van der Waals surface area contributed by atoms with Crippen molar-refractivity contribution in [3.05, 3.63) is 0 Å². The second-order valence-electron chi connectivity index (χ2n) is 6.94. The van der Waals surface area contributed by atoms with Gasteiger partial charge in [0.2, 0.25) is 5.91 Å². The summed E-state index contributed by atoms with van der Waals surface area (Å²) in [5.74, 6) is -1.97. The first kappa shape index (κ1) is 16.6. The van der Waals surface area contributed by atoms with Crippen molar-refractivity contribution in [1.82, 2.24) is 5.32 Å². The van der Waals surface area contributed by atoms with E-state index in [1.54, 1.807) is 27.7 Å². The van der Waals surface area contributed by atoms with Crippen molar-refractivity contribution in [2.75, 3.05) is 0 Å². The van der Waals surface area contributed by atoms with Crippen molar-refractivity contribution in [3.63, 3.8) is 0 Å². The molecular formula is C15H22N2O6. The molecule has 3 heterocycles. The summed E-state index contributed by atoms with van der Waals surface area (Å²) >= 11 is 0. The number of carbonyl (C=O) groups excluding carboxylic acids is 1. The molecule has 128 valence electrons. The molecule has 0 saturated carbocycles. The summed E-state index contributed by atoms with van der Waals surface area (Å²) < 4.78 is 29.4. The van der Waals surface area contributed by atoms with E-state index in [2.05, 4.69) is 11.4 Å². The molecule has 23 heavy (non-hydrogen) atoms. The Morgan fingerprint density at radius 1 is 1.04 bits per heavy atom. The molecule has 3 fully saturated rings. The standard InChI is InChI=1S/C15H22N2O6/c1-7(18)17-8(6-16)9-10-11(21-14(2,3)20-10)12-13(19-9)23-15(4,5)22-12/h8-13H,1-5H3,(H,17,18)/t8-,9-,10+,11+,12-,13-/m1/s1. The first-order valence-electron chi connectivity index (χ1n) is 7.65. The van der Waals surface area contributed by atoms with E-state index in [0.29, 0.717) is 0 Å². The van der Waals surface area contributed by atoms with Gasteiger partial charge in [0, 0.05) is 6.92 Å². The Morgan fingerprint density at radius 2 is 1.61 bits per heavy atom. The van der Waals surface area contributed by atoms with Crippen LogP contribution in [0.15, 0.2) is 0 Å². The molecule has 1 amide bonds. The zero-order chi connectivity index (χ0) is 17.0. The van der Waals surface area contributed by atoms with Gasteiger partial charge in [-0.15, -0.1) is 0 Å². The van der Waals surface area contributed by atoms with Gasteiger partial charge in [-0.2, -0.15) is 5.26 Å². The zero-order valence-electron chi connectivity index (χ0n) is 13.9. The van der Waals surface area contributed by atoms with E-state index in [9.17, 15) is 10.1 Å². The maximum Gasteiger partial charge on any atom is 0.217 e. The van der Waals surface area contributed by atoms with E-state index >= 15 is 0 Å². The van der Waals surface area contributed by atoms with E-state index < -0.39 is 48.3 Å². The molecule has 8 heteroatoms. The van der Waals surface area contributed by atoms with Crippen LogP contribution in [0, 0.1) is 11.3 Å². The summed E-state index contributed by atoms with van der Waals surface area (Å²) in [4.78, 5) is 11.4. The smallest absolute Gasteiger partial charge is 0.217 e. The molecule has 0 bridgehead atoms. The first-order valence-corrected chi connectivity index (χ1v) is 7.65. The minimum absolute atomic E-state index is 0.319. The highest BCUT2D eigenvalue weighted by Crippen LogP contribution is 2.44. The van der Waals surface area contributed by atoms with Crippen molar-refractivity contribution < 1.29 is 28.5 Å². The van der Waals surface area contributed by atoms with Gasteiger partial charge in [-0.05, 0) is 27.7 Å². The maximum atomic E-state index is 11.4. The molecule has 3 aliphatic heterocycles. The number of hydrogen-bond donors (Lipinski definition) is 1. The van der Waals surface area contributed by atoms with Crippen LogP contribution in [0.1, 0.15) is 34.6 Å². The lowest BCUT2D eigenvalue weighted by molar-refractivity contribution is -0.236. The highest BCUT2D eigenvalue weighted by Gasteiger charge is 2.62. The molecule has 3 aliphatic rings. The highest BCUT2D eigenvalue weighted by molar-refractivity contribution is 5.73. The topological polar surface area (TPSA) is 99.0 Å². The molecule has 0 aliphatic carbocycles. The van der Waals surface area contributed by atoms with Crippen LogP contribution in [0.5, 0.6) is 0 Å². The van der Waals surface area contributed by atoms with Gasteiger partial charge < -0.3 is 29.0 Å². The van der Waals surface area contributed by atoms with Crippen molar-refractivity contribution in [3.8, 4) is 6.07 Å². The monoisotopic (exact) mass is 326 g/mol. The Bertz CT molecular complexity index is 543. The van der Waals surface area contributed by atoms with Crippen molar-refractivity contribution >= 4 is 5.91 Å². The minimum Gasteiger partial charge on any atom is -0.342 e. The molecule has 0 spiro atoms. The van der Waals surface area contributed by atoms with Crippen LogP contribution in [-0.4, -0.2) is 54.2 Å². The van der Waals surface area contributed by atoms with Crippen LogP contribution in [-0.2, 0) is 28.5 Å². The molecule has 6 atom stereocenters. The molecule has 0 unspecified atom stereocenters. The average Bonchev–Trinajstić information content (AvgIpc) is 2.89. The van der Waals surface area contributed by atoms with Crippen LogP contribution in [0.25, 0.3) is 0 Å². The van der Waals surface area contributed by atoms with Gasteiger partial charge in [0.25, 0.3) is 0 Å². The molecule has 1 N–H and O–H groups in total. The summed E-state index contributed by atoms with van der Waals surface area (Å²) in [6.45, 7) is 8.50. The second-order valence-corrected chi connectivity index (χ2v) is 6.94. The second kappa shape index (κ2) is 5.40. The summed E-state index contributed by atoms with van der Waals surface area (Å²) in [7, 11) is 0. The molecule has 0 aromatic carbocycles. The van der Waals surface area contributed by atoms with E-state index in [0.717, 1.165) is 0 Å². The van der Waals surface area contributed by atoms with Gasteiger partial charge in [0.05, 0.1) is 6.07 Å². The number of ether oxygens (including phenoxy) is 5. The Morgan fingerprint density at radius 3 is 2.22 bits per heavy atom. The Labute approximate surface area is 135 Å². The first-order chi connectivity index (χ1) is 10.6. The normalized spacial score (nSPS) is 41.5. The maximum absolute atomic E-state index is 11.4. The summed E-state index contributed by atoms with van der Waals surface area (Å²) in [6, 6.07) is 1.19. The lowest BCUT2D eigenvalue weighted by Crippen LogP contribution is -2.61. The largest absolute Gasteiger partial charge is 0.342 e. The van der Waals surface area contributed by atoms with E-state index in [4.69, 9.17) is 23.7 Å². The lowest BCUT2D eigenvalue weighted by atomic mass is 9.94. The van der Waals surface area contributed by atoms with Crippen molar-refractivity contribution in [2.24, 2.45) is 0 Å². The van der Waals surface area contributed by atoms with Gasteiger partial charge >= 0.3 is 0 Å². The molecule has 3 saturated heterocycles. The van der Waals surface area contributed by atoms with Crippen LogP contribution in [0.2, 0.25) is 0 Å². The van der Waals surface area contributed by atoms with Crippen molar-refractivity contribution in [2.45, 2.75) is 82.9 Å². The third-order valence-electron chi connectivity index (χ3n) is 4.02. The summed E-state index contributed by atoms with van der Waals surface area (Å²) in [5, 5.41) is 12.0. The van der Waals surface area contributed by atoms with Gasteiger partial charge in [-0.25, -0.2) is 0 Å². The molecular weight excluding hydrogens is 304 g/mol. The summed E-state index contributed by atoms with van der Waals surface area (Å²) in [5.41, 5.74) is 0. The number of carbonyl (C=O) groups is 1. The highest BCUT2D eigenvalue weighted by atomic mass is 16.9. The Balaban J connectivity index is 1.89. The van der Waals surface area contributed by atoms with Gasteiger partial charge in [0.15, 0.2) is 17.9 Å². The quantitative estimate of drug-likeness (QED) is 0.784. The predicted molar refractivity (Wildman–Crippen MR) is 75.7 cm³/mol. The predicted octanol–water partition coefficient (Wildman–Crippen LogP) is 0.411. The van der Waals surface area contributed by atoms with Crippen LogP contribution >= 0.6 is 0 Å². The van der Waals surface area contributed by atoms with Crippen LogP contribution < -0.4 is 5.32 Å². The number of nitrogens with one attached hydrogen (secondary N) is 1. The Hall–Kier alpha value is -1.24. The molecule has 3 rings (SSSR count). The van der Waals surface area contributed by atoms with E-state index in [1.807, 2.05) is 0 Å². The fourth-order valence-corrected chi connectivity index (χ4v) is 3.32. The number of hydrogen-bond acceptors (Lipinski definition) is 7. The number of nitrogens with zero attached hydrogens (tertiary/aromatic N) is 1. The molecule has 0 radical (unpaired) electrons. The van der Waals surface area contributed by atoms with Gasteiger partial charge in [-0.1, -0.05) is 0 Å². The minimum atomic E-state index is -0.870. The fraction of sp³-hybridized carbons (Fsp3) is 0.867. The number of fused-ring (bicyclic) bond motifs is 3. The average molecular weight is 326 g/mol. The number of nitriles is 1. The van der Waals surface area contributed by atoms with Crippen LogP contribution in [0.3, 0.4) is 0 Å². The molecule has 8 nitrogen and oxygen atoms in total. The van der Waals surface area contributed by atoms with Gasteiger partial charge in [0.1, 0.15) is 30.5 Å². The molecule has 0 aromatic heterocycles. The Kier molecular flexibility index (Phi) is 3.90.